The number of carbonyl (C=O) groups excluding carboxylic acids is 1. The number of methoxy groups -OCH3 is 1. The minimum Gasteiger partial charge on any atom is -0.493 e. The van der Waals surface area contributed by atoms with Crippen LogP contribution < -0.4 is 10.5 Å². The third-order valence-electron chi connectivity index (χ3n) is 5.82. The molecule has 1 saturated heterocycles. The van der Waals surface area contributed by atoms with Crippen molar-refractivity contribution in [2.24, 2.45) is 11.7 Å². The highest BCUT2D eigenvalue weighted by Gasteiger charge is 2.72. The SMILES string of the molecule is COc1c(C2C(C)C(C)(C(F)(F)F)OC2(C(N)=O)c2cccnc2)ccc(F)c1F. The second kappa shape index (κ2) is 7.19. The molecule has 1 fully saturated rings. The van der Waals surface area contributed by atoms with Crippen molar-refractivity contribution in [2.75, 3.05) is 7.11 Å². The molecule has 0 aliphatic carbocycles. The minimum absolute atomic E-state index is 0.0471. The van der Waals surface area contributed by atoms with E-state index in [1.54, 1.807) is 0 Å². The molecule has 1 aliphatic heterocycles. The molecule has 10 heteroatoms. The molecule has 1 aromatic carbocycles. The van der Waals surface area contributed by atoms with Gasteiger partial charge in [-0.2, -0.15) is 17.6 Å². The van der Waals surface area contributed by atoms with Gasteiger partial charge in [-0.15, -0.1) is 0 Å². The first-order valence-corrected chi connectivity index (χ1v) is 8.91. The summed E-state index contributed by atoms with van der Waals surface area (Å²) in [6.07, 6.45) is -2.40. The Morgan fingerprint density at radius 1 is 1.27 bits per heavy atom. The van der Waals surface area contributed by atoms with E-state index < -0.39 is 52.5 Å². The van der Waals surface area contributed by atoms with Crippen LogP contribution in [0, 0.1) is 17.6 Å². The van der Waals surface area contributed by atoms with Gasteiger partial charge in [-0.25, -0.2) is 4.39 Å². The predicted octanol–water partition coefficient (Wildman–Crippen LogP) is 3.82. The summed E-state index contributed by atoms with van der Waals surface area (Å²) in [7, 11) is 1.04. The lowest BCUT2D eigenvalue weighted by Crippen LogP contribution is -2.50. The smallest absolute Gasteiger partial charge is 0.417 e. The molecule has 2 heterocycles. The number of hydrogen-bond donors (Lipinski definition) is 1. The highest BCUT2D eigenvalue weighted by atomic mass is 19.4. The number of amides is 1. The van der Waals surface area contributed by atoms with Crippen LogP contribution in [-0.4, -0.2) is 29.8 Å². The Morgan fingerprint density at radius 2 is 1.93 bits per heavy atom. The minimum atomic E-state index is -4.91. The normalized spacial score (nSPS) is 29.1. The lowest BCUT2D eigenvalue weighted by molar-refractivity contribution is -0.285. The number of hydrogen-bond acceptors (Lipinski definition) is 4. The van der Waals surface area contributed by atoms with Crippen LogP contribution in [0.1, 0.15) is 30.9 Å². The highest BCUT2D eigenvalue weighted by molar-refractivity contribution is 5.87. The number of alkyl halides is 3. The van der Waals surface area contributed by atoms with Gasteiger partial charge in [0.1, 0.15) is 0 Å². The van der Waals surface area contributed by atoms with Crippen LogP contribution in [-0.2, 0) is 15.1 Å². The van der Waals surface area contributed by atoms with Crippen molar-refractivity contribution < 1.29 is 36.2 Å². The predicted molar refractivity (Wildman–Crippen MR) is 95.5 cm³/mol. The van der Waals surface area contributed by atoms with Gasteiger partial charge in [-0.05, 0) is 19.1 Å². The standard InChI is InChI=1S/C20H19F5N2O3/c1-10-14(12-6-7-13(21)15(22)16(12)29-3)19(17(26)28,11-5-4-8-27-9-11)30-18(10,2)20(23,24)25/h4-10,14H,1-3H3,(H2,26,28). The lowest BCUT2D eigenvalue weighted by Gasteiger charge is -2.34. The molecule has 4 unspecified atom stereocenters. The second-order valence-corrected chi connectivity index (χ2v) is 7.30. The number of rotatable bonds is 4. The van der Waals surface area contributed by atoms with Gasteiger partial charge in [0.2, 0.25) is 5.82 Å². The van der Waals surface area contributed by atoms with Crippen molar-refractivity contribution in [3.8, 4) is 5.75 Å². The van der Waals surface area contributed by atoms with Gasteiger partial charge < -0.3 is 15.2 Å². The van der Waals surface area contributed by atoms with Gasteiger partial charge >= 0.3 is 6.18 Å². The van der Waals surface area contributed by atoms with Crippen LogP contribution in [0.3, 0.4) is 0 Å². The fraction of sp³-hybridized carbons (Fsp3) is 0.400. The Kier molecular flexibility index (Phi) is 5.26. The van der Waals surface area contributed by atoms with E-state index in [4.69, 9.17) is 15.2 Å². The maximum atomic E-state index is 14.4. The fourth-order valence-corrected chi connectivity index (χ4v) is 4.13. The first-order valence-electron chi connectivity index (χ1n) is 8.91. The Labute approximate surface area is 169 Å². The zero-order valence-electron chi connectivity index (χ0n) is 16.3. The Bertz CT molecular complexity index is 969. The summed E-state index contributed by atoms with van der Waals surface area (Å²) in [5, 5.41) is 0. The Morgan fingerprint density at radius 3 is 2.43 bits per heavy atom. The molecule has 3 rings (SSSR count). The topological polar surface area (TPSA) is 74.4 Å². The van der Waals surface area contributed by atoms with E-state index in [1.165, 1.54) is 25.3 Å². The summed E-state index contributed by atoms with van der Waals surface area (Å²) in [6.45, 7) is 2.00. The number of aromatic nitrogens is 1. The van der Waals surface area contributed by atoms with Crippen LogP contribution in [0.2, 0.25) is 0 Å². The Hall–Kier alpha value is -2.75. The maximum Gasteiger partial charge on any atom is 0.417 e. The van der Waals surface area contributed by atoms with Crippen LogP contribution in [0.5, 0.6) is 5.75 Å². The van der Waals surface area contributed by atoms with Gasteiger partial charge in [0.25, 0.3) is 5.91 Å². The number of ether oxygens (including phenoxy) is 2. The summed E-state index contributed by atoms with van der Waals surface area (Å²) in [6, 6.07) is 4.55. The molecule has 0 saturated carbocycles. The number of benzene rings is 1. The molecule has 1 aliphatic rings. The molecule has 0 radical (unpaired) electrons. The number of nitrogens with zero attached hydrogens (tertiary/aromatic N) is 1. The van der Waals surface area contributed by atoms with Gasteiger partial charge in [-0.3, -0.25) is 9.78 Å². The van der Waals surface area contributed by atoms with Crippen molar-refractivity contribution in [1.82, 2.24) is 4.98 Å². The molecule has 0 spiro atoms. The van der Waals surface area contributed by atoms with Gasteiger partial charge in [-0.1, -0.05) is 19.1 Å². The molecular weight excluding hydrogens is 411 g/mol. The van der Waals surface area contributed by atoms with Crippen LogP contribution in [0.25, 0.3) is 0 Å². The average Bonchev–Trinajstić information content (AvgIpc) is 2.94. The van der Waals surface area contributed by atoms with Crippen molar-refractivity contribution >= 4 is 5.91 Å². The van der Waals surface area contributed by atoms with Crippen molar-refractivity contribution in [3.05, 3.63) is 59.4 Å². The number of pyridine rings is 1. The van der Waals surface area contributed by atoms with E-state index in [0.717, 1.165) is 32.4 Å². The molecule has 1 aromatic heterocycles. The average molecular weight is 430 g/mol. The Balaban J connectivity index is 2.40. The van der Waals surface area contributed by atoms with Gasteiger partial charge in [0.05, 0.1) is 7.11 Å². The summed E-state index contributed by atoms with van der Waals surface area (Å²) < 4.78 is 80.9. The van der Waals surface area contributed by atoms with Crippen molar-refractivity contribution in [2.45, 2.75) is 37.1 Å². The molecule has 4 atom stereocenters. The van der Waals surface area contributed by atoms with Crippen molar-refractivity contribution in [1.29, 1.82) is 0 Å². The van der Waals surface area contributed by atoms with Crippen LogP contribution >= 0.6 is 0 Å². The molecule has 0 bridgehead atoms. The molecule has 162 valence electrons. The monoisotopic (exact) mass is 430 g/mol. The largest absolute Gasteiger partial charge is 0.493 e. The number of halogens is 5. The molecule has 2 aromatic rings. The first kappa shape index (κ1) is 21.9. The zero-order valence-corrected chi connectivity index (χ0v) is 16.3. The maximum absolute atomic E-state index is 14.4. The first-order chi connectivity index (χ1) is 13.9. The summed E-state index contributed by atoms with van der Waals surface area (Å²) in [5.41, 5.74) is 0.182. The second-order valence-electron chi connectivity index (χ2n) is 7.30. The van der Waals surface area contributed by atoms with E-state index >= 15 is 0 Å². The quantitative estimate of drug-likeness (QED) is 0.749. The summed E-state index contributed by atoms with van der Waals surface area (Å²) >= 11 is 0. The van der Waals surface area contributed by atoms with Gasteiger partial charge in [0.15, 0.2) is 22.8 Å². The molecule has 5 nitrogen and oxygen atoms in total. The van der Waals surface area contributed by atoms with E-state index in [1.807, 2.05) is 0 Å². The van der Waals surface area contributed by atoms with Crippen molar-refractivity contribution in [3.63, 3.8) is 0 Å². The van der Waals surface area contributed by atoms with E-state index in [9.17, 15) is 26.7 Å². The third-order valence-corrected chi connectivity index (χ3v) is 5.82. The molecule has 30 heavy (non-hydrogen) atoms. The molecular formula is C20H19F5N2O3. The van der Waals surface area contributed by atoms with E-state index in [2.05, 4.69) is 4.98 Å². The van der Waals surface area contributed by atoms with E-state index in [0.29, 0.717) is 0 Å². The highest BCUT2D eigenvalue weighted by Crippen LogP contribution is 2.62. The number of nitrogens with two attached hydrogens (primary N) is 1. The molecule has 2 N–H and O–H groups in total. The van der Waals surface area contributed by atoms with Crippen LogP contribution in [0.15, 0.2) is 36.7 Å². The zero-order chi connectivity index (χ0) is 22.5. The third kappa shape index (κ3) is 2.92. The molecule has 1 amide bonds. The van der Waals surface area contributed by atoms with Crippen LogP contribution in [0.4, 0.5) is 22.0 Å². The van der Waals surface area contributed by atoms with E-state index in [-0.39, 0.29) is 11.1 Å². The summed E-state index contributed by atoms with van der Waals surface area (Å²) in [4.78, 5) is 16.6. The lowest BCUT2D eigenvalue weighted by atomic mass is 9.69. The number of carbonyl (C=O) groups is 1. The van der Waals surface area contributed by atoms with Gasteiger partial charge in [0, 0.05) is 35.4 Å². The summed E-state index contributed by atoms with van der Waals surface area (Å²) in [5.74, 6) is -7.41. The number of primary amides is 1. The fourth-order valence-electron chi connectivity index (χ4n) is 4.13.